The normalized spacial score (nSPS) is 16.4. The van der Waals surface area contributed by atoms with Gasteiger partial charge < -0.3 is 10.3 Å². The first-order valence-corrected chi connectivity index (χ1v) is 13.9. The largest absolute Gasteiger partial charge is 0.383 e. The summed E-state index contributed by atoms with van der Waals surface area (Å²) < 4.78 is 2.25. The molecule has 176 valence electrons. The van der Waals surface area contributed by atoms with Gasteiger partial charge in [0.05, 0.1) is 24.2 Å². The lowest BCUT2D eigenvalue weighted by atomic mass is 9.97. The van der Waals surface area contributed by atoms with Crippen LogP contribution in [0.3, 0.4) is 0 Å². The maximum absolute atomic E-state index is 6.43. The maximum atomic E-state index is 6.43. The molecule has 1 fully saturated rings. The van der Waals surface area contributed by atoms with Crippen LogP contribution >= 0.6 is 23.1 Å². The Labute approximate surface area is 207 Å². The van der Waals surface area contributed by atoms with Crippen LogP contribution in [-0.2, 0) is 31.7 Å². The van der Waals surface area contributed by atoms with Crippen LogP contribution in [0, 0.1) is 0 Å². The SMILES string of the molecule is Nc1nc(CSc2nnc(CN3CCCC3)n2Cc2ccccc2)nc2sc3c(c12)CCCC3. The first-order chi connectivity index (χ1) is 16.7. The lowest BCUT2D eigenvalue weighted by molar-refractivity contribution is 0.316. The number of nitrogens with zero attached hydrogens (tertiary/aromatic N) is 6. The first kappa shape index (κ1) is 22.0. The topological polar surface area (TPSA) is 85.7 Å². The highest BCUT2D eigenvalue weighted by Crippen LogP contribution is 2.38. The Bertz CT molecular complexity index is 1290. The molecule has 0 amide bonds. The number of benzene rings is 1. The van der Waals surface area contributed by atoms with E-state index in [-0.39, 0.29) is 0 Å². The number of fused-ring (bicyclic) bond motifs is 3. The highest BCUT2D eigenvalue weighted by molar-refractivity contribution is 7.98. The Morgan fingerprint density at radius 1 is 0.941 bits per heavy atom. The third-order valence-electron chi connectivity index (χ3n) is 6.76. The molecular weight excluding hydrogens is 462 g/mol. The van der Waals surface area contributed by atoms with Crippen molar-refractivity contribution >= 4 is 39.1 Å². The van der Waals surface area contributed by atoms with E-state index in [4.69, 9.17) is 10.7 Å². The van der Waals surface area contributed by atoms with E-state index >= 15 is 0 Å². The molecule has 1 aliphatic heterocycles. The summed E-state index contributed by atoms with van der Waals surface area (Å²) in [6, 6.07) is 10.5. The quantitative estimate of drug-likeness (QED) is 0.376. The van der Waals surface area contributed by atoms with Gasteiger partial charge in [-0.05, 0) is 62.7 Å². The van der Waals surface area contributed by atoms with Gasteiger partial charge in [0.15, 0.2) is 5.16 Å². The molecule has 1 aromatic carbocycles. The van der Waals surface area contributed by atoms with Crippen LogP contribution in [0.2, 0.25) is 0 Å². The molecular formula is C25H29N7S2. The molecule has 1 saturated heterocycles. The molecule has 0 bridgehead atoms. The fourth-order valence-electron chi connectivity index (χ4n) is 5.03. The minimum absolute atomic E-state index is 0.624. The maximum Gasteiger partial charge on any atom is 0.192 e. The van der Waals surface area contributed by atoms with Crippen LogP contribution in [-0.4, -0.2) is 42.7 Å². The summed E-state index contributed by atoms with van der Waals surface area (Å²) in [6.07, 6.45) is 7.25. The number of hydrogen-bond acceptors (Lipinski definition) is 8. The zero-order valence-corrected chi connectivity index (χ0v) is 20.9. The van der Waals surface area contributed by atoms with Crippen molar-refractivity contribution in [2.24, 2.45) is 0 Å². The van der Waals surface area contributed by atoms with Crippen molar-refractivity contribution in [2.75, 3.05) is 18.8 Å². The molecule has 1 aliphatic carbocycles. The van der Waals surface area contributed by atoms with E-state index in [9.17, 15) is 0 Å². The van der Waals surface area contributed by atoms with Gasteiger partial charge in [-0.1, -0.05) is 42.1 Å². The monoisotopic (exact) mass is 491 g/mol. The van der Waals surface area contributed by atoms with Gasteiger partial charge in [-0.3, -0.25) is 4.90 Å². The fourth-order valence-corrected chi connectivity index (χ4v) is 7.13. The third-order valence-corrected chi connectivity index (χ3v) is 8.91. The molecule has 4 aromatic rings. The van der Waals surface area contributed by atoms with E-state index in [1.54, 1.807) is 23.1 Å². The predicted molar refractivity (Wildman–Crippen MR) is 138 cm³/mol. The van der Waals surface area contributed by atoms with Crippen LogP contribution < -0.4 is 5.73 Å². The molecule has 34 heavy (non-hydrogen) atoms. The van der Waals surface area contributed by atoms with Gasteiger partial charge in [0.25, 0.3) is 0 Å². The average Bonchev–Trinajstić information content (AvgIpc) is 3.58. The van der Waals surface area contributed by atoms with E-state index in [0.29, 0.717) is 11.6 Å². The zero-order chi connectivity index (χ0) is 22.9. The van der Waals surface area contributed by atoms with E-state index in [2.05, 4.69) is 55.0 Å². The second-order valence-corrected chi connectivity index (χ2v) is 11.2. The number of anilines is 1. The number of hydrogen-bond donors (Lipinski definition) is 1. The highest BCUT2D eigenvalue weighted by Gasteiger charge is 2.22. The average molecular weight is 492 g/mol. The van der Waals surface area contributed by atoms with E-state index in [1.165, 1.54) is 41.7 Å². The standard InChI is InChI=1S/C25H29N7S2/c26-23-22-18-10-4-5-11-19(18)34-24(22)28-20(27-23)16-33-25-30-29-21(15-31-12-6-7-13-31)32(25)14-17-8-2-1-3-9-17/h1-3,8-9H,4-7,10-16H2,(H2,26,27,28). The number of nitrogen functional groups attached to an aromatic ring is 1. The van der Waals surface area contributed by atoms with Crippen LogP contribution in [0.1, 0.15) is 53.3 Å². The lowest BCUT2D eigenvalue weighted by Crippen LogP contribution is -2.21. The summed E-state index contributed by atoms with van der Waals surface area (Å²) in [7, 11) is 0. The molecule has 9 heteroatoms. The van der Waals surface area contributed by atoms with E-state index in [0.717, 1.165) is 66.0 Å². The first-order valence-electron chi connectivity index (χ1n) is 12.1. The number of aromatic nitrogens is 5. The Morgan fingerprint density at radius 2 is 1.76 bits per heavy atom. The van der Waals surface area contributed by atoms with E-state index in [1.807, 2.05) is 0 Å². The van der Waals surface area contributed by atoms with Crippen molar-refractivity contribution in [1.29, 1.82) is 0 Å². The minimum atomic E-state index is 0.624. The van der Waals surface area contributed by atoms with Crippen molar-refractivity contribution in [3.8, 4) is 0 Å². The van der Waals surface area contributed by atoms with Gasteiger partial charge in [0, 0.05) is 4.88 Å². The Kier molecular flexibility index (Phi) is 6.24. The number of likely N-dealkylation sites (tertiary alicyclic amines) is 1. The van der Waals surface area contributed by atoms with Gasteiger partial charge in [-0.15, -0.1) is 21.5 Å². The summed E-state index contributed by atoms with van der Waals surface area (Å²) >= 11 is 3.44. The van der Waals surface area contributed by atoms with Crippen LogP contribution in [0.15, 0.2) is 35.5 Å². The molecule has 0 atom stereocenters. The minimum Gasteiger partial charge on any atom is -0.383 e. The predicted octanol–water partition coefficient (Wildman–Crippen LogP) is 4.68. The summed E-state index contributed by atoms with van der Waals surface area (Å²) in [5.74, 6) is 3.04. The van der Waals surface area contributed by atoms with Crippen molar-refractivity contribution in [3.63, 3.8) is 0 Å². The zero-order valence-electron chi connectivity index (χ0n) is 19.2. The molecule has 7 nitrogen and oxygen atoms in total. The van der Waals surface area contributed by atoms with Gasteiger partial charge in [-0.25, -0.2) is 9.97 Å². The molecule has 2 N–H and O–H groups in total. The second-order valence-electron chi connectivity index (χ2n) is 9.16. The van der Waals surface area contributed by atoms with Gasteiger partial charge in [-0.2, -0.15) is 0 Å². The Hall–Kier alpha value is -2.49. The van der Waals surface area contributed by atoms with Gasteiger partial charge in [0.1, 0.15) is 22.3 Å². The summed E-state index contributed by atoms with van der Waals surface area (Å²) in [5, 5.41) is 11.2. The fraction of sp³-hybridized carbons (Fsp3) is 0.440. The van der Waals surface area contributed by atoms with Crippen LogP contribution in [0.25, 0.3) is 10.2 Å². The molecule has 3 aromatic heterocycles. The van der Waals surface area contributed by atoms with Crippen molar-refractivity contribution in [2.45, 2.75) is 62.5 Å². The van der Waals surface area contributed by atoms with Crippen molar-refractivity contribution < 1.29 is 0 Å². The smallest absolute Gasteiger partial charge is 0.192 e. The van der Waals surface area contributed by atoms with Gasteiger partial charge in [0.2, 0.25) is 0 Å². The van der Waals surface area contributed by atoms with Gasteiger partial charge >= 0.3 is 0 Å². The Morgan fingerprint density at radius 3 is 2.62 bits per heavy atom. The molecule has 6 rings (SSSR count). The molecule has 0 saturated carbocycles. The Balaban J connectivity index is 1.26. The molecule has 0 radical (unpaired) electrons. The second kappa shape index (κ2) is 9.64. The van der Waals surface area contributed by atoms with Crippen LogP contribution in [0.5, 0.6) is 0 Å². The third kappa shape index (κ3) is 4.44. The van der Waals surface area contributed by atoms with Crippen molar-refractivity contribution in [1.82, 2.24) is 29.6 Å². The number of rotatable bonds is 7. The molecule has 4 heterocycles. The number of thioether (sulfide) groups is 1. The summed E-state index contributed by atoms with van der Waals surface area (Å²) in [6.45, 7) is 3.88. The number of nitrogens with two attached hydrogens (primary N) is 1. The summed E-state index contributed by atoms with van der Waals surface area (Å²) in [4.78, 5) is 14.5. The number of thiophene rings is 1. The van der Waals surface area contributed by atoms with Crippen molar-refractivity contribution in [3.05, 3.63) is 58.0 Å². The highest BCUT2D eigenvalue weighted by atomic mass is 32.2. The number of aryl methyl sites for hydroxylation is 2. The molecule has 0 unspecified atom stereocenters. The molecule has 0 spiro atoms. The lowest BCUT2D eigenvalue weighted by Gasteiger charge is -2.16. The van der Waals surface area contributed by atoms with Crippen LogP contribution in [0.4, 0.5) is 5.82 Å². The summed E-state index contributed by atoms with van der Waals surface area (Å²) in [5.41, 5.74) is 9.06. The molecule has 2 aliphatic rings. The van der Waals surface area contributed by atoms with E-state index < -0.39 is 0 Å².